The van der Waals surface area contributed by atoms with E-state index in [1.165, 1.54) is 12.1 Å². The van der Waals surface area contributed by atoms with Crippen LogP contribution < -0.4 is 11.3 Å². The number of halogens is 1. The van der Waals surface area contributed by atoms with Gasteiger partial charge in [-0.25, -0.2) is 0 Å². The van der Waals surface area contributed by atoms with Gasteiger partial charge in [-0.3, -0.25) is 20.8 Å². The van der Waals surface area contributed by atoms with Gasteiger partial charge in [0.1, 0.15) is 5.69 Å². The Morgan fingerprint density at radius 2 is 2.33 bits per heavy atom. The zero-order valence-corrected chi connectivity index (χ0v) is 12.4. The third-order valence-electron chi connectivity index (χ3n) is 3.81. The molecule has 3 N–H and O–H groups in total. The van der Waals surface area contributed by atoms with E-state index in [1.54, 1.807) is 4.90 Å². The number of hydrazine groups is 1. The molecule has 1 amide bonds. The normalized spacial score (nSPS) is 17.9. The molecule has 1 atom stereocenters. The van der Waals surface area contributed by atoms with Crippen LogP contribution in [0.2, 0.25) is 5.02 Å². The predicted octanol–water partition coefficient (Wildman–Crippen LogP) is 2.41. The van der Waals surface area contributed by atoms with Crippen molar-refractivity contribution < 1.29 is 9.72 Å². The molecule has 1 saturated heterocycles. The number of carbonyl (C=O) groups excluding carboxylic acids is 1. The second-order valence-electron chi connectivity index (χ2n) is 5.07. The third kappa shape index (κ3) is 3.08. The second-order valence-corrected chi connectivity index (χ2v) is 5.47. The number of likely N-dealkylation sites (tertiary alicyclic amines) is 1. The van der Waals surface area contributed by atoms with Crippen LogP contribution in [0.25, 0.3) is 0 Å². The summed E-state index contributed by atoms with van der Waals surface area (Å²) in [5, 5.41) is 11.1. The SMILES string of the molecule is CCC1CCN(C(=O)c2cc(Cl)c(NN)c([N+](=O)[O-])c2)C1. The van der Waals surface area contributed by atoms with Crippen molar-refractivity contribution in [2.24, 2.45) is 11.8 Å². The van der Waals surface area contributed by atoms with Crippen molar-refractivity contribution >= 4 is 28.9 Å². The lowest BCUT2D eigenvalue weighted by molar-refractivity contribution is -0.384. The average Bonchev–Trinajstić information content (AvgIpc) is 2.94. The minimum Gasteiger partial charge on any atom is -0.338 e. The summed E-state index contributed by atoms with van der Waals surface area (Å²) in [6.45, 7) is 3.43. The van der Waals surface area contributed by atoms with Crippen molar-refractivity contribution in [3.63, 3.8) is 0 Å². The maximum atomic E-state index is 12.4. The molecule has 0 bridgehead atoms. The van der Waals surface area contributed by atoms with Crippen molar-refractivity contribution in [2.45, 2.75) is 19.8 Å². The molecular formula is C13H17ClN4O3. The van der Waals surface area contributed by atoms with Crippen molar-refractivity contribution in [1.82, 2.24) is 4.90 Å². The molecule has 1 aliphatic rings. The van der Waals surface area contributed by atoms with Crippen LogP contribution in [0.3, 0.4) is 0 Å². The molecule has 8 heteroatoms. The minimum absolute atomic E-state index is 0.00562. The van der Waals surface area contributed by atoms with Crippen LogP contribution in [0, 0.1) is 16.0 Å². The molecule has 1 aliphatic heterocycles. The van der Waals surface area contributed by atoms with Gasteiger partial charge in [-0.05, 0) is 18.4 Å². The molecule has 1 fully saturated rings. The van der Waals surface area contributed by atoms with Crippen molar-refractivity contribution in [1.29, 1.82) is 0 Å². The van der Waals surface area contributed by atoms with Crippen LogP contribution in [-0.2, 0) is 0 Å². The summed E-state index contributed by atoms with van der Waals surface area (Å²) in [7, 11) is 0. The summed E-state index contributed by atoms with van der Waals surface area (Å²) in [5.74, 6) is 5.49. The Hall–Kier alpha value is -1.86. The summed E-state index contributed by atoms with van der Waals surface area (Å²) in [6.07, 6.45) is 1.97. The number of hydrogen-bond acceptors (Lipinski definition) is 5. The minimum atomic E-state index is -0.614. The van der Waals surface area contributed by atoms with Crippen LogP contribution in [0.5, 0.6) is 0 Å². The van der Waals surface area contributed by atoms with E-state index in [0.29, 0.717) is 19.0 Å². The third-order valence-corrected chi connectivity index (χ3v) is 4.11. The quantitative estimate of drug-likeness (QED) is 0.505. The Bertz CT molecular complexity index is 579. The van der Waals surface area contributed by atoms with Crippen LogP contribution in [-0.4, -0.2) is 28.8 Å². The number of anilines is 1. The summed E-state index contributed by atoms with van der Waals surface area (Å²) in [4.78, 5) is 24.6. The lowest BCUT2D eigenvalue weighted by atomic mass is 10.1. The molecule has 1 aromatic carbocycles. The number of hydrogen-bond donors (Lipinski definition) is 2. The largest absolute Gasteiger partial charge is 0.338 e. The van der Waals surface area contributed by atoms with Gasteiger partial charge in [0.15, 0.2) is 0 Å². The Morgan fingerprint density at radius 3 is 2.86 bits per heavy atom. The van der Waals surface area contributed by atoms with E-state index in [1.807, 2.05) is 0 Å². The zero-order chi connectivity index (χ0) is 15.6. The summed E-state index contributed by atoms with van der Waals surface area (Å²) in [5.41, 5.74) is 2.11. The number of nitro benzene ring substituents is 1. The molecule has 21 heavy (non-hydrogen) atoms. The van der Waals surface area contributed by atoms with E-state index < -0.39 is 4.92 Å². The monoisotopic (exact) mass is 312 g/mol. The highest BCUT2D eigenvalue weighted by atomic mass is 35.5. The number of benzene rings is 1. The molecule has 1 heterocycles. The van der Waals surface area contributed by atoms with Crippen LogP contribution in [0.4, 0.5) is 11.4 Å². The molecule has 114 valence electrons. The van der Waals surface area contributed by atoms with Crippen LogP contribution in [0.1, 0.15) is 30.1 Å². The van der Waals surface area contributed by atoms with E-state index in [-0.39, 0.29) is 27.9 Å². The molecule has 2 rings (SSSR count). The fourth-order valence-electron chi connectivity index (χ4n) is 2.54. The standard InChI is InChI=1S/C13H17ClN4O3/c1-2-8-3-4-17(7-8)13(19)9-5-10(14)12(16-15)11(6-9)18(20)21/h5-6,8,16H,2-4,7,15H2,1H3. The van der Waals surface area contributed by atoms with E-state index in [0.717, 1.165) is 12.8 Å². The number of nitrogens with two attached hydrogens (primary N) is 1. The highest BCUT2D eigenvalue weighted by Crippen LogP contribution is 2.34. The lowest BCUT2D eigenvalue weighted by Gasteiger charge is -2.17. The average molecular weight is 313 g/mol. The van der Waals surface area contributed by atoms with Crippen LogP contribution in [0.15, 0.2) is 12.1 Å². The smallest absolute Gasteiger partial charge is 0.295 e. The van der Waals surface area contributed by atoms with Gasteiger partial charge < -0.3 is 10.3 Å². The van der Waals surface area contributed by atoms with Gasteiger partial charge >= 0.3 is 0 Å². The molecule has 1 aromatic rings. The molecular weight excluding hydrogens is 296 g/mol. The van der Waals surface area contributed by atoms with Crippen molar-refractivity contribution in [2.75, 3.05) is 18.5 Å². The Kier molecular flexibility index (Phi) is 4.64. The highest BCUT2D eigenvalue weighted by molar-refractivity contribution is 6.34. The van der Waals surface area contributed by atoms with E-state index >= 15 is 0 Å². The van der Waals surface area contributed by atoms with Crippen molar-refractivity contribution in [3.05, 3.63) is 32.8 Å². The van der Waals surface area contributed by atoms with Gasteiger partial charge in [0.2, 0.25) is 0 Å². The topological polar surface area (TPSA) is 102 Å². The number of nitro groups is 1. The highest BCUT2D eigenvalue weighted by Gasteiger charge is 2.28. The number of amides is 1. The van der Waals surface area contributed by atoms with Gasteiger partial charge in [0.05, 0.1) is 9.95 Å². The Balaban J connectivity index is 2.32. The first-order valence-electron chi connectivity index (χ1n) is 6.71. The van der Waals surface area contributed by atoms with Crippen LogP contribution >= 0.6 is 11.6 Å². The number of nitrogens with zero attached hydrogens (tertiary/aromatic N) is 2. The van der Waals surface area contributed by atoms with Crippen molar-refractivity contribution in [3.8, 4) is 0 Å². The van der Waals surface area contributed by atoms with Gasteiger partial charge in [0.25, 0.3) is 11.6 Å². The number of carbonyl (C=O) groups is 1. The fourth-order valence-corrected chi connectivity index (χ4v) is 2.80. The summed E-state index contributed by atoms with van der Waals surface area (Å²) < 4.78 is 0. The second kappa shape index (κ2) is 6.28. The molecule has 0 radical (unpaired) electrons. The first kappa shape index (κ1) is 15.5. The molecule has 0 spiro atoms. The van der Waals surface area contributed by atoms with E-state index in [2.05, 4.69) is 12.3 Å². The first-order chi connectivity index (χ1) is 9.97. The Morgan fingerprint density at radius 1 is 1.62 bits per heavy atom. The van der Waals surface area contributed by atoms with Gasteiger partial charge in [-0.15, -0.1) is 0 Å². The molecule has 7 nitrogen and oxygen atoms in total. The van der Waals surface area contributed by atoms with Gasteiger partial charge in [-0.2, -0.15) is 0 Å². The maximum absolute atomic E-state index is 12.4. The van der Waals surface area contributed by atoms with Gasteiger partial charge in [-0.1, -0.05) is 24.9 Å². The number of nitrogen functional groups attached to an aromatic ring is 1. The number of rotatable bonds is 4. The Labute approximate surface area is 127 Å². The predicted molar refractivity (Wildman–Crippen MR) is 80.2 cm³/mol. The molecule has 0 aliphatic carbocycles. The molecule has 1 unspecified atom stereocenters. The lowest BCUT2D eigenvalue weighted by Crippen LogP contribution is -2.28. The molecule has 0 saturated carbocycles. The summed E-state index contributed by atoms with van der Waals surface area (Å²) in [6, 6.07) is 2.62. The number of nitrogens with one attached hydrogen (secondary N) is 1. The zero-order valence-electron chi connectivity index (χ0n) is 11.6. The van der Waals surface area contributed by atoms with Gasteiger partial charge in [0, 0.05) is 24.7 Å². The van der Waals surface area contributed by atoms with E-state index in [4.69, 9.17) is 17.4 Å². The maximum Gasteiger partial charge on any atom is 0.295 e. The first-order valence-corrected chi connectivity index (χ1v) is 7.09. The fraction of sp³-hybridized carbons (Fsp3) is 0.462. The van der Waals surface area contributed by atoms with E-state index in [9.17, 15) is 14.9 Å². The summed E-state index contributed by atoms with van der Waals surface area (Å²) >= 11 is 5.97. The molecule has 0 aromatic heterocycles.